The van der Waals surface area contributed by atoms with E-state index in [1.54, 1.807) is 20.1 Å². The monoisotopic (exact) mass is 381 g/mol. The first-order chi connectivity index (χ1) is 13.3. The Morgan fingerprint density at radius 1 is 1.11 bits per heavy atom. The third kappa shape index (κ3) is 3.35. The van der Waals surface area contributed by atoms with E-state index in [4.69, 9.17) is 14.6 Å². The Bertz CT molecular complexity index is 1030. The highest BCUT2D eigenvalue weighted by Crippen LogP contribution is 2.36. The van der Waals surface area contributed by atoms with Crippen molar-refractivity contribution in [2.75, 3.05) is 13.7 Å². The van der Waals surface area contributed by atoms with Gasteiger partial charge in [0.15, 0.2) is 11.3 Å². The molecule has 0 saturated carbocycles. The topological polar surface area (TPSA) is 65.7 Å². The van der Waals surface area contributed by atoms with Crippen molar-refractivity contribution in [2.45, 2.75) is 47.5 Å². The third-order valence-corrected chi connectivity index (χ3v) is 4.86. The summed E-state index contributed by atoms with van der Waals surface area (Å²) < 4.78 is 12.4. The van der Waals surface area contributed by atoms with Crippen LogP contribution in [0.5, 0.6) is 5.75 Å². The second-order valence-electron chi connectivity index (χ2n) is 7.27. The minimum absolute atomic E-state index is 0.170. The van der Waals surface area contributed by atoms with Crippen molar-refractivity contribution >= 4 is 11.6 Å². The average Bonchev–Trinajstić information content (AvgIpc) is 2.96. The van der Waals surface area contributed by atoms with Crippen molar-refractivity contribution in [3.63, 3.8) is 0 Å². The first-order valence-corrected chi connectivity index (χ1v) is 9.51. The summed E-state index contributed by atoms with van der Waals surface area (Å²) in [6, 6.07) is 5.78. The molecule has 0 atom stereocenters. The lowest BCUT2D eigenvalue weighted by Gasteiger charge is -2.13. The van der Waals surface area contributed by atoms with Crippen LogP contribution in [0, 0.1) is 20.8 Å². The lowest BCUT2D eigenvalue weighted by molar-refractivity contribution is 0.0519. The molecular formula is C22H27N3O3. The fourth-order valence-corrected chi connectivity index (χ4v) is 3.60. The number of fused-ring (bicyclic) bond motifs is 1. The molecule has 0 aliphatic heterocycles. The van der Waals surface area contributed by atoms with Gasteiger partial charge < -0.3 is 9.47 Å². The largest absolute Gasteiger partial charge is 0.497 e. The predicted molar refractivity (Wildman–Crippen MR) is 109 cm³/mol. The van der Waals surface area contributed by atoms with Crippen LogP contribution in [0.1, 0.15) is 59.7 Å². The molecule has 3 rings (SSSR count). The average molecular weight is 381 g/mol. The van der Waals surface area contributed by atoms with E-state index in [0.29, 0.717) is 17.9 Å². The number of esters is 1. The number of aryl methyl sites for hydroxylation is 3. The van der Waals surface area contributed by atoms with Gasteiger partial charge in [-0.05, 0) is 68.5 Å². The van der Waals surface area contributed by atoms with Gasteiger partial charge in [0.25, 0.3) is 0 Å². The van der Waals surface area contributed by atoms with E-state index < -0.39 is 5.97 Å². The van der Waals surface area contributed by atoms with Gasteiger partial charge in [0.05, 0.1) is 25.0 Å². The van der Waals surface area contributed by atoms with Crippen molar-refractivity contribution in [3.05, 3.63) is 46.4 Å². The summed E-state index contributed by atoms with van der Waals surface area (Å²) in [5.74, 6) is 0.569. The molecule has 1 aromatic carbocycles. The number of rotatable bonds is 5. The maximum Gasteiger partial charge on any atom is 0.357 e. The predicted octanol–water partition coefficient (Wildman–Crippen LogP) is 4.63. The van der Waals surface area contributed by atoms with Crippen molar-refractivity contribution in [3.8, 4) is 16.9 Å². The van der Waals surface area contributed by atoms with Crippen molar-refractivity contribution in [2.24, 2.45) is 0 Å². The van der Waals surface area contributed by atoms with Gasteiger partial charge in [-0.15, -0.1) is 0 Å². The Balaban J connectivity index is 2.36. The molecular weight excluding hydrogens is 354 g/mol. The minimum atomic E-state index is -0.417. The lowest BCUT2D eigenvalue weighted by atomic mass is 9.95. The van der Waals surface area contributed by atoms with Crippen LogP contribution in [-0.2, 0) is 4.74 Å². The minimum Gasteiger partial charge on any atom is -0.497 e. The second-order valence-corrected chi connectivity index (χ2v) is 7.27. The molecule has 2 heterocycles. The molecule has 6 heteroatoms. The lowest BCUT2D eigenvalue weighted by Crippen LogP contribution is -2.12. The summed E-state index contributed by atoms with van der Waals surface area (Å²) in [7, 11) is 1.66. The summed E-state index contributed by atoms with van der Waals surface area (Å²) in [5, 5.41) is 4.75. The molecule has 6 nitrogen and oxygen atoms in total. The van der Waals surface area contributed by atoms with Crippen molar-refractivity contribution in [1.29, 1.82) is 0 Å². The van der Waals surface area contributed by atoms with E-state index in [9.17, 15) is 4.79 Å². The maximum absolute atomic E-state index is 12.4. The quantitative estimate of drug-likeness (QED) is 0.603. The van der Waals surface area contributed by atoms with Gasteiger partial charge in [-0.3, -0.25) is 0 Å². The Morgan fingerprint density at radius 3 is 2.29 bits per heavy atom. The van der Waals surface area contributed by atoms with Gasteiger partial charge in [-0.2, -0.15) is 5.10 Å². The number of carbonyl (C=O) groups is 1. The number of hydrogen-bond acceptors (Lipinski definition) is 5. The standard InChI is InChI=1S/C22H27N3O3/c1-8-28-22(26)17-11-18(12(2)3)25-21(23-17)20(15(6)24-25)19-13(4)9-16(27-7)10-14(19)5/h9-12H,8H2,1-7H3. The highest BCUT2D eigenvalue weighted by molar-refractivity contribution is 5.90. The van der Waals surface area contributed by atoms with Crippen LogP contribution in [0.25, 0.3) is 16.8 Å². The highest BCUT2D eigenvalue weighted by Gasteiger charge is 2.23. The molecule has 0 aliphatic rings. The Labute approximate surface area is 165 Å². The number of benzene rings is 1. The zero-order valence-electron chi connectivity index (χ0n) is 17.6. The fraction of sp³-hybridized carbons (Fsp3) is 0.409. The van der Waals surface area contributed by atoms with Gasteiger partial charge in [0, 0.05) is 5.69 Å². The summed E-state index contributed by atoms with van der Waals surface area (Å²) in [4.78, 5) is 17.1. The molecule has 0 amide bonds. The van der Waals surface area contributed by atoms with Crippen LogP contribution < -0.4 is 4.74 Å². The molecule has 0 fully saturated rings. The van der Waals surface area contributed by atoms with Gasteiger partial charge in [0.2, 0.25) is 0 Å². The van der Waals surface area contributed by atoms with Crippen LogP contribution in [0.3, 0.4) is 0 Å². The molecule has 28 heavy (non-hydrogen) atoms. The van der Waals surface area contributed by atoms with E-state index in [2.05, 4.69) is 18.8 Å². The summed E-state index contributed by atoms with van der Waals surface area (Å²) in [6.45, 7) is 12.3. The molecule has 148 valence electrons. The first kappa shape index (κ1) is 19.9. The summed E-state index contributed by atoms with van der Waals surface area (Å²) in [5.41, 5.74) is 6.92. The number of nitrogens with zero attached hydrogens (tertiary/aromatic N) is 3. The van der Waals surface area contributed by atoms with Crippen LogP contribution in [-0.4, -0.2) is 34.3 Å². The van der Waals surface area contributed by atoms with Crippen molar-refractivity contribution < 1.29 is 14.3 Å². The van der Waals surface area contributed by atoms with E-state index >= 15 is 0 Å². The van der Waals surface area contributed by atoms with E-state index in [1.165, 1.54) is 0 Å². The van der Waals surface area contributed by atoms with Gasteiger partial charge >= 0.3 is 5.97 Å². The van der Waals surface area contributed by atoms with E-state index in [1.807, 2.05) is 37.4 Å². The Hall–Kier alpha value is -2.89. The fourth-order valence-electron chi connectivity index (χ4n) is 3.60. The number of ether oxygens (including phenoxy) is 2. The van der Waals surface area contributed by atoms with Gasteiger partial charge in [0.1, 0.15) is 5.75 Å². The molecule has 0 aliphatic carbocycles. The maximum atomic E-state index is 12.4. The number of methoxy groups -OCH3 is 1. The van der Waals surface area contributed by atoms with Crippen LogP contribution in [0.4, 0.5) is 0 Å². The molecule has 2 aromatic heterocycles. The molecule has 0 N–H and O–H groups in total. The number of carbonyl (C=O) groups excluding carboxylic acids is 1. The number of hydrogen-bond donors (Lipinski definition) is 0. The number of aromatic nitrogens is 3. The van der Waals surface area contributed by atoms with E-state index in [-0.39, 0.29) is 5.92 Å². The normalized spacial score (nSPS) is 11.3. The zero-order valence-corrected chi connectivity index (χ0v) is 17.6. The van der Waals surface area contributed by atoms with Crippen LogP contribution >= 0.6 is 0 Å². The Morgan fingerprint density at radius 2 is 1.75 bits per heavy atom. The highest BCUT2D eigenvalue weighted by atomic mass is 16.5. The smallest absolute Gasteiger partial charge is 0.357 e. The molecule has 3 aromatic rings. The summed E-state index contributed by atoms with van der Waals surface area (Å²) >= 11 is 0. The second kappa shape index (κ2) is 7.62. The third-order valence-electron chi connectivity index (χ3n) is 4.86. The first-order valence-electron chi connectivity index (χ1n) is 9.51. The molecule has 0 bridgehead atoms. The Kier molecular flexibility index (Phi) is 5.40. The SMILES string of the molecule is CCOC(=O)c1cc(C(C)C)n2nc(C)c(-c3c(C)cc(OC)cc3C)c2n1. The van der Waals surface area contributed by atoms with Crippen LogP contribution in [0.15, 0.2) is 18.2 Å². The van der Waals surface area contributed by atoms with Gasteiger partial charge in [-0.1, -0.05) is 13.8 Å². The molecule has 0 unspecified atom stereocenters. The van der Waals surface area contributed by atoms with Crippen molar-refractivity contribution in [1.82, 2.24) is 14.6 Å². The molecule has 0 spiro atoms. The van der Waals surface area contributed by atoms with Gasteiger partial charge in [-0.25, -0.2) is 14.3 Å². The van der Waals surface area contributed by atoms with E-state index in [0.717, 1.165) is 39.4 Å². The summed E-state index contributed by atoms with van der Waals surface area (Å²) in [6.07, 6.45) is 0. The molecule has 0 saturated heterocycles. The zero-order chi connectivity index (χ0) is 20.6. The van der Waals surface area contributed by atoms with Crippen LogP contribution in [0.2, 0.25) is 0 Å². The molecule has 0 radical (unpaired) electrons.